The number of hydrogen-bond acceptors (Lipinski definition) is 5. The van der Waals surface area contributed by atoms with E-state index in [4.69, 9.17) is 0 Å². The average Bonchev–Trinajstić information content (AvgIpc) is 2.84. The number of rotatable bonds is 6. The summed E-state index contributed by atoms with van der Waals surface area (Å²) >= 11 is 1.64. The van der Waals surface area contributed by atoms with E-state index in [2.05, 4.69) is 39.7 Å². The predicted molar refractivity (Wildman–Crippen MR) is 75.6 cm³/mol. The normalized spacial score (nSPS) is 11.1. The Morgan fingerprint density at radius 1 is 1.33 bits per heavy atom. The minimum Gasteiger partial charge on any atom is -0.310 e. The van der Waals surface area contributed by atoms with Crippen molar-refractivity contribution in [1.82, 2.24) is 20.2 Å². The van der Waals surface area contributed by atoms with Crippen molar-refractivity contribution < 1.29 is 0 Å². The third kappa shape index (κ3) is 3.87. The minimum absolute atomic E-state index is 0.817. The van der Waals surface area contributed by atoms with E-state index >= 15 is 0 Å². The molecule has 0 radical (unpaired) electrons. The highest BCUT2D eigenvalue weighted by Crippen LogP contribution is 2.20. The lowest BCUT2D eigenvalue weighted by atomic mass is 10.3. The lowest BCUT2D eigenvalue weighted by Gasteiger charge is -2.09. The van der Waals surface area contributed by atoms with Crippen LogP contribution in [0.15, 0.2) is 29.8 Å². The highest BCUT2D eigenvalue weighted by Gasteiger charge is 2.04. The Morgan fingerprint density at radius 2 is 2.22 bits per heavy atom. The van der Waals surface area contributed by atoms with Crippen molar-refractivity contribution in [1.29, 1.82) is 0 Å². The third-order valence-electron chi connectivity index (χ3n) is 2.48. The van der Waals surface area contributed by atoms with Crippen molar-refractivity contribution in [2.24, 2.45) is 0 Å². The predicted octanol–water partition coefficient (Wildman–Crippen LogP) is 1.86. The molecule has 0 fully saturated rings. The molecule has 2 aromatic heterocycles. The summed E-state index contributed by atoms with van der Waals surface area (Å²) in [5, 5.41) is 6.46. The standard InChI is InChI=1S/C13H18N4S/c1-17(2)8-7-14-9-11-10-18-13(16-11)12-5-3-4-6-15-12/h3-6,10,14H,7-9H2,1-2H3. The number of hydrogen-bond donors (Lipinski definition) is 1. The summed E-state index contributed by atoms with van der Waals surface area (Å²) in [6.45, 7) is 2.83. The van der Waals surface area contributed by atoms with Crippen LogP contribution >= 0.6 is 11.3 Å². The molecule has 1 N–H and O–H groups in total. The average molecular weight is 262 g/mol. The topological polar surface area (TPSA) is 41.0 Å². The van der Waals surface area contributed by atoms with Crippen LogP contribution in [-0.4, -0.2) is 42.1 Å². The molecule has 0 aliphatic heterocycles. The van der Waals surface area contributed by atoms with Gasteiger partial charge in [0.1, 0.15) is 5.01 Å². The van der Waals surface area contributed by atoms with Crippen molar-refractivity contribution in [2.45, 2.75) is 6.54 Å². The van der Waals surface area contributed by atoms with Gasteiger partial charge in [-0.15, -0.1) is 11.3 Å². The highest BCUT2D eigenvalue weighted by molar-refractivity contribution is 7.13. The molecule has 0 bridgehead atoms. The van der Waals surface area contributed by atoms with E-state index in [1.165, 1.54) is 0 Å². The van der Waals surface area contributed by atoms with Crippen molar-refractivity contribution in [3.63, 3.8) is 0 Å². The molecule has 96 valence electrons. The molecule has 0 saturated heterocycles. The second kappa shape index (κ2) is 6.58. The van der Waals surface area contributed by atoms with Gasteiger partial charge in [0.2, 0.25) is 0 Å². The van der Waals surface area contributed by atoms with Gasteiger partial charge in [-0.3, -0.25) is 4.98 Å². The monoisotopic (exact) mass is 262 g/mol. The second-order valence-electron chi connectivity index (χ2n) is 4.34. The number of nitrogens with zero attached hydrogens (tertiary/aromatic N) is 3. The first-order chi connectivity index (χ1) is 8.75. The summed E-state index contributed by atoms with van der Waals surface area (Å²) in [6, 6.07) is 5.89. The zero-order valence-electron chi connectivity index (χ0n) is 10.8. The van der Waals surface area contributed by atoms with Crippen molar-refractivity contribution in [3.8, 4) is 10.7 Å². The molecule has 0 saturated carbocycles. The number of aromatic nitrogens is 2. The van der Waals surface area contributed by atoms with E-state index in [0.717, 1.165) is 36.0 Å². The molecule has 0 atom stereocenters. The van der Waals surface area contributed by atoms with E-state index in [9.17, 15) is 0 Å². The summed E-state index contributed by atoms with van der Waals surface area (Å²) in [5.74, 6) is 0. The molecule has 5 heteroatoms. The van der Waals surface area contributed by atoms with Gasteiger partial charge in [-0.2, -0.15) is 0 Å². The van der Waals surface area contributed by atoms with Gasteiger partial charge >= 0.3 is 0 Å². The van der Waals surface area contributed by atoms with Gasteiger partial charge in [0.05, 0.1) is 11.4 Å². The Balaban J connectivity index is 1.87. The van der Waals surface area contributed by atoms with Crippen LogP contribution in [0.1, 0.15) is 5.69 Å². The van der Waals surface area contributed by atoms with Gasteiger partial charge in [-0.25, -0.2) is 4.98 Å². The van der Waals surface area contributed by atoms with Gasteiger partial charge in [0, 0.05) is 31.2 Å². The fourth-order valence-corrected chi connectivity index (χ4v) is 2.31. The number of nitrogens with one attached hydrogen (secondary N) is 1. The Labute approximate surface area is 112 Å². The second-order valence-corrected chi connectivity index (χ2v) is 5.20. The van der Waals surface area contributed by atoms with Gasteiger partial charge in [-0.1, -0.05) is 6.07 Å². The van der Waals surface area contributed by atoms with Crippen LogP contribution in [0, 0.1) is 0 Å². The van der Waals surface area contributed by atoms with Crippen molar-refractivity contribution >= 4 is 11.3 Å². The van der Waals surface area contributed by atoms with Gasteiger partial charge in [0.25, 0.3) is 0 Å². The Morgan fingerprint density at radius 3 is 2.94 bits per heavy atom. The first-order valence-corrected chi connectivity index (χ1v) is 6.85. The molecule has 18 heavy (non-hydrogen) atoms. The van der Waals surface area contributed by atoms with Crippen molar-refractivity contribution in [3.05, 3.63) is 35.5 Å². The molecular formula is C13H18N4S. The maximum Gasteiger partial charge on any atom is 0.142 e. The maximum atomic E-state index is 4.58. The molecule has 0 spiro atoms. The van der Waals surface area contributed by atoms with Gasteiger partial charge < -0.3 is 10.2 Å². The molecular weight excluding hydrogens is 244 g/mol. The molecule has 0 aliphatic rings. The lowest BCUT2D eigenvalue weighted by molar-refractivity contribution is 0.399. The van der Waals surface area contributed by atoms with Crippen LogP contribution in [0.3, 0.4) is 0 Å². The van der Waals surface area contributed by atoms with Gasteiger partial charge in [0.15, 0.2) is 0 Å². The molecule has 2 heterocycles. The summed E-state index contributed by atoms with van der Waals surface area (Å²) in [5.41, 5.74) is 2.03. The van der Waals surface area contributed by atoms with Crippen LogP contribution < -0.4 is 5.32 Å². The minimum atomic E-state index is 0.817. The van der Waals surface area contributed by atoms with E-state index in [1.54, 1.807) is 17.5 Å². The Bertz CT molecular complexity index is 467. The molecule has 0 unspecified atom stereocenters. The van der Waals surface area contributed by atoms with Crippen LogP contribution in [0.2, 0.25) is 0 Å². The molecule has 2 rings (SSSR count). The number of pyridine rings is 1. The zero-order valence-corrected chi connectivity index (χ0v) is 11.6. The van der Waals surface area contributed by atoms with E-state index < -0.39 is 0 Å². The van der Waals surface area contributed by atoms with Crippen LogP contribution in [0.25, 0.3) is 10.7 Å². The first-order valence-electron chi connectivity index (χ1n) is 5.97. The Hall–Kier alpha value is -1.30. The first kappa shape index (κ1) is 13.1. The maximum absolute atomic E-state index is 4.58. The molecule has 0 amide bonds. The van der Waals surface area contributed by atoms with Crippen molar-refractivity contribution in [2.75, 3.05) is 27.2 Å². The summed E-state index contributed by atoms with van der Waals surface area (Å²) in [6.07, 6.45) is 1.80. The Kier molecular flexibility index (Phi) is 4.81. The largest absolute Gasteiger partial charge is 0.310 e. The van der Waals surface area contributed by atoms with E-state index in [0.29, 0.717) is 0 Å². The fourth-order valence-electron chi connectivity index (χ4n) is 1.51. The van der Waals surface area contributed by atoms with E-state index in [-0.39, 0.29) is 0 Å². The van der Waals surface area contributed by atoms with E-state index in [1.807, 2.05) is 18.2 Å². The van der Waals surface area contributed by atoms with Crippen LogP contribution in [-0.2, 0) is 6.54 Å². The van der Waals surface area contributed by atoms with Gasteiger partial charge in [-0.05, 0) is 26.2 Å². The molecule has 2 aromatic rings. The zero-order chi connectivity index (χ0) is 12.8. The number of likely N-dealkylation sites (N-methyl/N-ethyl adjacent to an activating group) is 1. The number of thiazole rings is 1. The lowest BCUT2D eigenvalue weighted by Crippen LogP contribution is -2.26. The SMILES string of the molecule is CN(C)CCNCc1csc(-c2ccccn2)n1. The van der Waals surface area contributed by atoms with Crippen LogP contribution in [0.4, 0.5) is 0 Å². The summed E-state index contributed by atoms with van der Waals surface area (Å²) in [7, 11) is 4.15. The highest BCUT2D eigenvalue weighted by atomic mass is 32.1. The summed E-state index contributed by atoms with van der Waals surface area (Å²) < 4.78 is 0. The summed E-state index contributed by atoms with van der Waals surface area (Å²) in [4.78, 5) is 11.0. The fraction of sp³-hybridized carbons (Fsp3) is 0.385. The molecule has 0 aliphatic carbocycles. The molecule has 4 nitrogen and oxygen atoms in total. The smallest absolute Gasteiger partial charge is 0.142 e. The third-order valence-corrected chi connectivity index (χ3v) is 3.39. The quantitative estimate of drug-likeness (QED) is 0.807. The molecule has 0 aromatic carbocycles. The van der Waals surface area contributed by atoms with Crippen LogP contribution in [0.5, 0.6) is 0 Å².